The highest BCUT2D eigenvalue weighted by Gasteiger charge is 2.18. The number of unbranched alkanes of at least 4 members (excludes halogenated alkanes) is 1. The molecule has 0 saturated carbocycles. The highest BCUT2D eigenvalue weighted by Crippen LogP contribution is 1.96. The van der Waals surface area contributed by atoms with Crippen LogP contribution in [0.15, 0.2) is 0 Å². The van der Waals surface area contributed by atoms with Gasteiger partial charge >= 0.3 is 0 Å². The van der Waals surface area contributed by atoms with Crippen LogP contribution in [0.3, 0.4) is 0 Å². The summed E-state index contributed by atoms with van der Waals surface area (Å²) in [6.45, 7) is 1.65. The zero-order valence-corrected chi connectivity index (χ0v) is 8.34. The SMILES string of the molecule is CC(C#N)S(=O)(=O)NCCCCO. The van der Waals surface area contributed by atoms with Crippen LogP contribution in [0.2, 0.25) is 0 Å². The van der Waals surface area contributed by atoms with Crippen LogP contribution in [-0.4, -0.2) is 31.9 Å². The zero-order valence-electron chi connectivity index (χ0n) is 7.52. The van der Waals surface area contributed by atoms with Gasteiger partial charge in [0, 0.05) is 13.2 Å². The van der Waals surface area contributed by atoms with Gasteiger partial charge in [-0.25, -0.2) is 13.1 Å². The van der Waals surface area contributed by atoms with E-state index in [4.69, 9.17) is 10.4 Å². The van der Waals surface area contributed by atoms with Gasteiger partial charge in [0.15, 0.2) is 5.25 Å². The van der Waals surface area contributed by atoms with Crippen molar-refractivity contribution in [1.29, 1.82) is 5.26 Å². The van der Waals surface area contributed by atoms with Crippen molar-refractivity contribution in [3.05, 3.63) is 0 Å². The molecule has 2 N–H and O–H groups in total. The fourth-order valence-corrected chi connectivity index (χ4v) is 1.46. The predicted octanol–water partition coefficient (Wildman–Crippen LogP) is -0.410. The van der Waals surface area contributed by atoms with E-state index in [0.29, 0.717) is 12.8 Å². The van der Waals surface area contributed by atoms with E-state index >= 15 is 0 Å². The second kappa shape index (κ2) is 5.91. The van der Waals surface area contributed by atoms with Gasteiger partial charge in [0.05, 0.1) is 6.07 Å². The van der Waals surface area contributed by atoms with E-state index in [0.717, 1.165) is 0 Å². The number of rotatable bonds is 6. The van der Waals surface area contributed by atoms with Crippen molar-refractivity contribution in [2.75, 3.05) is 13.2 Å². The van der Waals surface area contributed by atoms with Crippen LogP contribution in [0.4, 0.5) is 0 Å². The fourth-order valence-electron chi connectivity index (χ4n) is 0.646. The molecule has 0 radical (unpaired) electrons. The lowest BCUT2D eigenvalue weighted by atomic mass is 10.3. The Morgan fingerprint density at radius 3 is 2.62 bits per heavy atom. The van der Waals surface area contributed by atoms with E-state index in [9.17, 15) is 8.42 Å². The maximum absolute atomic E-state index is 11.1. The fraction of sp³-hybridized carbons (Fsp3) is 0.857. The average Bonchev–Trinajstić information content (AvgIpc) is 2.11. The number of aliphatic hydroxyl groups excluding tert-OH is 1. The number of nitrogens with zero attached hydrogens (tertiary/aromatic N) is 1. The third-order valence-corrected chi connectivity index (χ3v) is 3.18. The van der Waals surface area contributed by atoms with Gasteiger partial charge in [-0.2, -0.15) is 5.26 Å². The van der Waals surface area contributed by atoms with Crippen LogP contribution in [0.5, 0.6) is 0 Å². The molecule has 0 saturated heterocycles. The van der Waals surface area contributed by atoms with E-state index in [1.54, 1.807) is 6.07 Å². The van der Waals surface area contributed by atoms with Crippen LogP contribution in [0.25, 0.3) is 0 Å². The maximum atomic E-state index is 11.1. The van der Waals surface area contributed by atoms with Gasteiger partial charge in [0.25, 0.3) is 0 Å². The Morgan fingerprint density at radius 2 is 2.15 bits per heavy atom. The molecule has 1 atom stereocenters. The monoisotopic (exact) mass is 206 g/mol. The molecule has 0 aliphatic carbocycles. The summed E-state index contributed by atoms with van der Waals surface area (Å²) in [5.41, 5.74) is 0. The summed E-state index contributed by atoms with van der Waals surface area (Å²) in [5.74, 6) is 0. The molecule has 76 valence electrons. The molecule has 0 aliphatic rings. The molecule has 0 amide bonds. The van der Waals surface area contributed by atoms with Gasteiger partial charge in [-0.3, -0.25) is 0 Å². The van der Waals surface area contributed by atoms with Crippen molar-refractivity contribution in [3.8, 4) is 6.07 Å². The van der Waals surface area contributed by atoms with Gasteiger partial charge in [0.2, 0.25) is 10.0 Å². The number of sulfonamides is 1. The lowest BCUT2D eigenvalue weighted by Crippen LogP contribution is -2.32. The number of nitriles is 1. The molecule has 0 spiro atoms. The number of aliphatic hydroxyl groups is 1. The van der Waals surface area contributed by atoms with Crippen molar-refractivity contribution in [3.63, 3.8) is 0 Å². The Kier molecular flexibility index (Phi) is 5.62. The van der Waals surface area contributed by atoms with Crippen molar-refractivity contribution in [1.82, 2.24) is 4.72 Å². The predicted molar refractivity (Wildman–Crippen MR) is 48.3 cm³/mol. The summed E-state index contributed by atoms with van der Waals surface area (Å²) in [7, 11) is -3.48. The van der Waals surface area contributed by atoms with Crippen molar-refractivity contribution in [2.45, 2.75) is 25.0 Å². The van der Waals surface area contributed by atoms with Gasteiger partial charge in [0.1, 0.15) is 0 Å². The quantitative estimate of drug-likeness (QED) is 0.578. The molecule has 6 heteroatoms. The Hall–Kier alpha value is -0.640. The topological polar surface area (TPSA) is 90.2 Å². The van der Waals surface area contributed by atoms with Crippen LogP contribution >= 0.6 is 0 Å². The molecule has 0 aliphatic heterocycles. The third-order valence-electron chi connectivity index (χ3n) is 1.54. The first-order valence-electron chi connectivity index (χ1n) is 4.03. The van der Waals surface area contributed by atoms with E-state index < -0.39 is 15.3 Å². The smallest absolute Gasteiger partial charge is 0.227 e. The Labute approximate surface area is 78.4 Å². The van der Waals surface area contributed by atoms with Crippen molar-refractivity contribution in [2.24, 2.45) is 0 Å². The lowest BCUT2D eigenvalue weighted by molar-refractivity contribution is 0.285. The molecule has 1 unspecified atom stereocenters. The number of hydrogen-bond acceptors (Lipinski definition) is 4. The van der Waals surface area contributed by atoms with Gasteiger partial charge in [-0.1, -0.05) is 0 Å². The van der Waals surface area contributed by atoms with Crippen LogP contribution in [0, 0.1) is 11.3 Å². The molecule has 0 rings (SSSR count). The molecule has 0 aromatic carbocycles. The van der Waals surface area contributed by atoms with Gasteiger partial charge < -0.3 is 5.11 Å². The molecule has 0 heterocycles. The Bertz CT molecular complexity index is 268. The second-order valence-electron chi connectivity index (χ2n) is 2.64. The summed E-state index contributed by atoms with van der Waals surface area (Å²) in [5, 5.41) is 15.8. The van der Waals surface area contributed by atoms with Crippen molar-refractivity contribution < 1.29 is 13.5 Å². The summed E-state index contributed by atoms with van der Waals surface area (Å²) in [4.78, 5) is 0. The maximum Gasteiger partial charge on any atom is 0.227 e. The van der Waals surface area contributed by atoms with E-state index in [1.165, 1.54) is 6.92 Å². The molecule has 0 aromatic rings. The first kappa shape index (κ1) is 12.4. The zero-order chi connectivity index (χ0) is 10.3. The summed E-state index contributed by atoms with van der Waals surface area (Å²) in [6, 6.07) is 1.65. The normalized spacial score (nSPS) is 13.6. The first-order chi connectivity index (χ1) is 6.04. The Balaban J connectivity index is 3.86. The first-order valence-corrected chi connectivity index (χ1v) is 5.58. The lowest BCUT2D eigenvalue weighted by Gasteiger charge is -2.06. The van der Waals surface area contributed by atoms with Gasteiger partial charge in [-0.15, -0.1) is 0 Å². The molecular weight excluding hydrogens is 192 g/mol. The number of nitrogens with one attached hydrogen (secondary N) is 1. The largest absolute Gasteiger partial charge is 0.396 e. The van der Waals surface area contributed by atoms with Gasteiger partial charge in [-0.05, 0) is 19.8 Å². The van der Waals surface area contributed by atoms with E-state index in [1.807, 2.05) is 0 Å². The third kappa shape index (κ3) is 4.83. The van der Waals surface area contributed by atoms with Crippen LogP contribution < -0.4 is 4.72 Å². The molecular formula is C7H14N2O3S. The summed E-state index contributed by atoms with van der Waals surface area (Å²) in [6.07, 6.45) is 1.14. The highest BCUT2D eigenvalue weighted by molar-refractivity contribution is 7.90. The van der Waals surface area contributed by atoms with Crippen LogP contribution in [0.1, 0.15) is 19.8 Å². The van der Waals surface area contributed by atoms with E-state index in [2.05, 4.69) is 4.72 Å². The Morgan fingerprint density at radius 1 is 1.54 bits per heavy atom. The molecule has 0 bridgehead atoms. The standard InChI is InChI=1S/C7H14N2O3S/c1-7(6-8)13(11,12)9-4-2-3-5-10/h7,9-10H,2-5H2,1H3. The van der Waals surface area contributed by atoms with Crippen LogP contribution in [-0.2, 0) is 10.0 Å². The van der Waals surface area contributed by atoms with Crippen molar-refractivity contribution >= 4 is 10.0 Å². The highest BCUT2D eigenvalue weighted by atomic mass is 32.2. The summed E-state index contributed by atoms with van der Waals surface area (Å²) >= 11 is 0. The second-order valence-corrected chi connectivity index (χ2v) is 4.73. The molecule has 13 heavy (non-hydrogen) atoms. The minimum atomic E-state index is -3.48. The summed E-state index contributed by atoms with van der Waals surface area (Å²) < 4.78 is 24.5. The molecule has 0 fully saturated rings. The number of hydrogen-bond donors (Lipinski definition) is 2. The minimum Gasteiger partial charge on any atom is -0.396 e. The minimum absolute atomic E-state index is 0.0511. The van der Waals surface area contributed by atoms with E-state index in [-0.39, 0.29) is 13.2 Å². The average molecular weight is 206 g/mol. The molecule has 5 nitrogen and oxygen atoms in total. The molecule has 0 aromatic heterocycles.